The Bertz CT molecular complexity index is 889. The van der Waals surface area contributed by atoms with E-state index >= 15 is 0 Å². The SMILES string of the molecule is FC(F)(F)COc1ccc(/C=N/NC(F)(F)C(F)(F)C(F)(F)F)c2ccccc12. The van der Waals surface area contributed by atoms with E-state index in [1.165, 1.54) is 24.3 Å². The van der Waals surface area contributed by atoms with Gasteiger partial charge in [0.15, 0.2) is 6.61 Å². The van der Waals surface area contributed by atoms with Crippen LogP contribution in [0.3, 0.4) is 0 Å². The fraction of sp³-hybridized carbons (Fsp3) is 0.312. The Labute approximate surface area is 155 Å². The molecule has 0 heterocycles. The maximum atomic E-state index is 13.2. The van der Waals surface area contributed by atoms with E-state index in [-0.39, 0.29) is 22.1 Å². The van der Waals surface area contributed by atoms with Crippen molar-refractivity contribution < 1.29 is 48.6 Å². The molecule has 2 aromatic rings. The molecular weight excluding hydrogens is 426 g/mol. The maximum absolute atomic E-state index is 13.2. The van der Waals surface area contributed by atoms with Crippen molar-refractivity contribution in [2.45, 2.75) is 24.3 Å². The van der Waals surface area contributed by atoms with Gasteiger partial charge in [-0.2, -0.15) is 49.0 Å². The van der Waals surface area contributed by atoms with E-state index in [0.717, 1.165) is 12.1 Å². The van der Waals surface area contributed by atoms with E-state index in [2.05, 4.69) is 9.84 Å². The maximum Gasteiger partial charge on any atom is 0.462 e. The first-order valence-corrected chi connectivity index (χ1v) is 7.49. The number of rotatable bonds is 6. The van der Waals surface area contributed by atoms with E-state index in [9.17, 15) is 43.9 Å². The molecule has 13 heteroatoms. The third-order valence-electron chi connectivity index (χ3n) is 3.47. The number of nitrogens with one attached hydrogen (secondary N) is 1. The summed E-state index contributed by atoms with van der Waals surface area (Å²) in [4.78, 5) is 0. The van der Waals surface area contributed by atoms with Crippen LogP contribution in [0.25, 0.3) is 10.8 Å². The van der Waals surface area contributed by atoms with E-state index in [1.54, 1.807) is 0 Å². The molecule has 0 unspecified atom stereocenters. The van der Waals surface area contributed by atoms with Crippen LogP contribution in [0.1, 0.15) is 5.56 Å². The van der Waals surface area contributed by atoms with Crippen LogP contribution >= 0.6 is 0 Å². The van der Waals surface area contributed by atoms with Crippen molar-refractivity contribution in [3.63, 3.8) is 0 Å². The van der Waals surface area contributed by atoms with Gasteiger partial charge in [0.1, 0.15) is 5.75 Å². The summed E-state index contributed by atoms with van der Waals surface area (Å²) in [5.74, 6) is -6.61. The molecule has 0 atom stereocenters. The van der Waals surface area contributed by atoms with Crippen molar-refractivity contribution in [1.29, 1.82) is 0 Å². The summed E-state index contributed by atoms with van der Waals surface area (Å²) in [6.45, 7) is -1.61. The molecule has 2 rings (SSSR count). The topological polar surface area (TPSA) is 33.6 Å². The van der Waals surface area contributed by atoms with Crippen molar-refractivity contribution in [2.24, 2.45) is 5.10 Å². The van der Waals surface area contributed by atoms with E-state index in [0.29, 0.717) is 11.6 Å². The monoisotopic (exact) mass is 436 g/mol. The highest BCUT2D eigenvalue weighted by atomic mass is 19.4. The van der Waals surface area contributed by atoms with Gasteiger partial charge in [-0.1, -0.05) is 24.3 Å². The molecule has 29 heavy (non-hydrogen) atoms. The molecule has 0 radical (unpaired) electrons. The average Bonchev–Trinajstić information content (AvgIpc) is 2.58. The van der Waals surface area contributed by atoms with Gasteiger partial charge in [0.25, 0.3) is 0 Å². The van der Waals surface area contributed by atoms with Gasteiger partial charge in [0.05, 0.1) is 6.21 Å². The summed E-state index contributed by atoms with van der Waals surface area (Å²) in [7, 11) is 0. The lowest BCUT2D eigenvalue weighted by atomic mass is 10.0. The van der Waals surface area contributed by atoms with Gasteiger partial charge < -0.3 is 4.74 Å². The molecule has 0 saturated carbocycles. The lowest BCUT2D eigenvalue weighted by molar-refractivity contribution is -0.361. The van der Waals surface area contributed by atoms with Gasteiger partial charge in [-0.3, -0.25) is 0 Å². The molecule has 160 valence electrons. The summed E-state index contributed by atoms with van der Waals surface area (Å²) >= 11 is 0. The predicted octanol–water partition coefficient (Wildman–Crippen LogP) is 5.49. The second-order valence-electron chi connectivity index (χ2n) is 5.62. The number of alkyl halides is 10. The highest BCUT2D eigenvalue weighted by Crippen LogP contribution is 2.45. The average molecular weight is 436 g/mol. The molecule has 0 spiro atoms. The minimum absolute atomic E-state index is 0.0569. The summed E-state index contributed by atoms with van der Waals surface area (Å²) in [6.07, 6.45) is -10.6. The lowest BCUT2D eigenvalue weighted by Gasteiger charge is -2.27. The van der Waals surface area contributed by atoms with Crippen LogP contribution in [0.4, 0.5) is 43.9 Å². The molecule has 0 saturated heterocycles. The zero-order valence-corrected chi connectivity index (χ0v) is 13.9. The first kappa shape index (κ1) is 22.6. The third-order valence-corrected chi connectivity index (χ3v) is 3.47. The molecule has 0 aliphatic rings. The molecule has 0 aromatic heterocycles. The van der Waals surface area contributed by atoms with Crippen LogP contribution in [0.5, 0.6) is 5.75 Å². The van der Waals surface area contributed by atoms with Gasteiger partial charge >= 0.3 is 24.3 Å². The van der Waals surface area contributed by atoms with Gasteiger partial charge in [0.2, 0.25) is 0 Å². The number of hydrogen-bond donors (Lipinski definition) is 1. The zero-order valence-electron chi connectivity index (χ0n) is 13.9. The van der Waals surface area contributed by atoms with E-state index in [4.69, 9.17) is 0 Å². The molecule has 2 aromatic carbocycles. The summed E-state index contributed by atoms with van der Waals surface area (Å²) in [6, 6.07) is 1.88. The minimum Gasteiger partial charge on any atom is -0.483 e. The second kappa shape index (κ2) is 7.59. The third kappa shape index (κ3) is 5.01. The number of fused-ring (bicyclic) bond motifs is 1. The molecule has 0 amide bonds. The number of ether oxygens (including phenoxy) is 1. The minimum atomic E-state index is -6.52. The number of halogens is 10. The number of benzene rings is 2. The Kier molecular flexibility index (Phi) is 5.91. The number of hydrazone groups is 1. The predicted molar refractivity (Wildman–Crippen MR) is 82.2 cm³/mol. The van der Waals surface area contributed by atoms with Gasteiger partial charge in [-0.15, -0.1) is 0 Å². The van der Waals surface area contributed by atoms with Crippen LogP contribution in [0.15, 0.2) is 41.5 Å². The second-order valence-corrected chi connectivity index (χ2v) is 5.62. The van der Waals surface area contributed by atoms with Gasteiger partial charge in [-0.25, -0.2) is 5.43 Å². The van der Waals surface area contributed by atoms with Crippen LogP contribution in [-0.4, -0.2) is 37.1 Å². The molecule has 0 aliphatic heterocycles. The molecule has 0 bridgehead atoms. The van der Waals surface area contributed by atoms with Crippen LogP contribution in [-0.2, 0) is 0 Å². The van der Waals surface area contributed by atoms with Crippen LogP contribution in [0.2, 0.25) is 0 Å². The van der Waals surface area contributed by atoms with Crippen LogP contribution < -0.4 is 10.2 Å². The van der Waals surface area contributed by atoms with Crippen molar-refractivity contribution in [3.05, 3.63) is 42.0 Å². The van der Waals surface area contributed by atoms with Crippen LogP contribution in [0, 0.1) is 0 Å². The van der Waals surface area contributed by atoms with Crippen molar-refractivity contribution in [3.8, 4) is 5.75 Å². The van der Waals surface area contributed by atoms with Crippen molar-refractivity contribution in [1.82, 2.24) is 5.43 Å². The Morgan fingerprint density at radius 2 is 1.41 bits per heavy atom. The highest BCUT2D eigenvalue weighted by molar-refractivity contribution is 6.02. The van der Waals surface area contributed by atoms with Crippen molar-refractivity contribution in [2.75, 3.05) is 6.61 Å². The molecule has 0 fully saturated rings. The van der Waals surface area contributed by atoms with Gasteiger partial charge in [-0.05, 0) is 17.5 Å². The first-order valence-electron chi connectivity index (χ1n) is 7.49. The van der Waals surface area contributed by atoms with E-state index in [1.807, 2.05) is 0 Å². The highest BCUT2D eigenvalue weighted by Gasteiger charge is 2.73. The summed E-state index contributed by atoms with van der Waals surface area (Å²) in [5, 5.41) is 2.97. The van der Waals surface area contributed by atoms with Crippen molar-refractivity contribution >= 4 is 17.0 Å². The lowest BCUT2D eigenvalue weighted by Crippen LogP contribution is -2.58. The van der Waals surface area contributed by atoms with Gasteiger partial charge in [0, 0.05) is 10.9 Å². The quantitative estimate of drug-likeness (QED) is 0.281. The fourth-order valence-corrected chi connectivity index (χ4v) is 2.12. The number of hydrogen-bond acceptors (Lipinski definition) is 3. The smallest absolute Gasteiger partial charge is 0.462 e. The van der Waals surface area contributed by atoms with E-state index < -0.39 is 30.9 Å². The molecule has 1 N–H and O–H groups in total. The summed E-state index contributed by atoms with van der Waals surface area (Å²) in [5.41, 5.74) is 0.408. The fourth-order valence-electron chi connectivity index (χ4n) is 2.12. The zero-order chi connectivity index (χ0) is 22.1. The standard InChI is InChI=1S/C16H10F10N2O/c17-13(18,19)8-29-12-6-5-9(10-3-1-2-4-11(10)12)7-27-28-16(25,26)14(20,21)15(22,23)24/h1-7,28H,8H2/b27-7+. The molecule has 0 aliphatic carbocycles. The largest absolute Gasteiger partial charge is 0.483 e. The number of nitrogens with zero attached hydrogens (tertiary/aromatic N) is 1. The Balaban J connectivity index is 2.29. The Morgan fingerprint density at radius 3 is 1.97 bits per heavy atom. The Hall–Kier alpha value is -2.73. The molecular formula is C16H10F10N2O. The Morgan fingerprint density at radius 1 is 0.828 bits per heavy atom. The summed E-state index contributed by atoms with van der Waals surface area (Å²) < 4.78 is 130. The molecule has 3 nitrogen and oxygen atoms in total. The first-order chi connectivity index (χ1) is 13.2. The normalized spacial score (nSPS) is 13.9.